The molecule has 2 aromatic heterocycles. The molecule has 1 aliphatic carbocycles. The molecule has 0 fully saturated rings. The molecule has 1 amide bonds. The van der Waals surface area contributed by atoms with Gasteiger partial charge >= 0.3 is 0 Å². The zero-order valence-corrected chi connectivity index (χ0v) is 15.9. The number of nitrogens with one attached hydrogen (secondary N) is 1. The standard InChI is InChI=1S/C19H20FN5OS/c1-12-22-23-24-25(12)14-8-9-15(20)16(11-14)21-19(26)18-10-13-6-4-2-3-5-7-17(13)27-18/h8-11H,2-7H2,1H3,(H,21,26). The van der Waals surface area contributed by atoms with E-state index in [0.29, 0.717) is 16.4 Å². The molecular formula is C19H20FN5OS. The molecule has 0 atom stereocenters. The minimum Gasteiger partial charge on any atom is -0.319 e. The van der Waals surface area contributed by atoms with Crippen LogP contribution in [0.5, 0.6) is 0 Å². The van der Waals surface area contributed by atoms with Gasteiger partial charge in [0.1, 0.15) is 5.82 Å². The lowest BCUT2D eigenvalue weighted by Gasteiger charge is -2.08. The van der Waals surface area contributed by atoms with Crippen LogP contribution in [0.4, 0.5) is 10.1 Å². The number of tetrazole rings is 1. The fourth-order valence-electron chi connectivity index (χ4n) is 3.35. The van der Waals surface area contributed by atoms with Gasteiger partial charge in [0.05, 0.1) is 16.3 Å². The summed E-state index contributed by atoms with van der Waals surface area (Å²) in [5.74, 6) is -0.194. The number of nitrogens with zero attached hydrogens (tertiary/aromatic N) is 4. The summed E-state index contributed by atoms with van der Waals surface area (Å²) in [6.07, 6.45) is 6.85. The molecule has 2 heterocycles. The topological polar surface area (TPSA) is 72.7 Å². The number of amides is 1. The van der Waals surface area contributed by atoms with Gasteiger partial charge in [-0.3, -0.25) is 4.79 Å². The van der Waals surface area contributed by atoms with E-state index < -0.39 is 5.82 Å². The Labute approximate surface area is 160 Å². The highest BCUT2D eigenvalue weighted by Crippen LogP contribution is 2.29. The van der Waals surface area contributed by atoms with E-state index in [0.717, 1.165) is 25.7 Å². The molecule has 6 nitrogen and oxygen atoms in total. The molecule has 0 bridgehead atoms. The van der Waals surface area contributed by atoms with Crippen molar-refractivity contribution >= 4 is 22.9 Å². The van der Waals surface area contributed by atoms with Crippen LogP contribution in [0, 0.1) is 12.7 Å². The molecular weight excluding hydrogens is 365 g/mol. The Bertz CT molecular complexity index is 955. The summed E-state index contributed by atoms with van der Waals surface area (Å²) in [5.41, 5.74) is 1.98. The number of aromatic nitrogens is 4. The van der Waals surface area contributed by atoms with Crippen molar-refractivity contribution in [2.24, 2.45) is 0 Å². The Hall–Kier alpha value is -2.61. The third kappa shape index (κ3) is 3.75. The third-order valence-electron chi connectivity index (χ3n) is 4.79. The van der Waals surface area contributed by atoms with Gasteiger partial charge in [-0.2, -0.15) is 4.68 Å². The van der Waals surface area contributed by atoms with Crippen molar-refractivity contribution in [1.82, 2.24) is 20.2 Å². The van der Waals surface area contributed by atoms with E-state index in [2.05, 4.69) is 20.8 Å². The van der Waals surface area contributed by atoms with Crippen molar-refractivity contribution < 1.29 is 9.18 Å². The molecule has 1 aromatic carbocycles. The van der Waals surface area contributed by atoms with Crippen molar-refractivity contribution in [2.75, 3.05) is 5.32 Å². The first kappa shape index (κ1) is 17.8. The normalized spacial score (nSPS) is 14.3. The Morgan fingerprint density at radius 2 is 2.00 bits per heavy atom. The number of carbonyl (C=O) groups excluding carboxylic acids is 1. The average Bonchev–Trinajstić information content (AvgIpc) is 3.23. The predicted molar refractivity (Wildman–Crippen MR) is 102 cm³/mol. The van der Waals surface area contributed by atoms with Crippen LogP contribution in [0.1, 0.15) is 51.6 Å². The first-order chi connectivity index (χ1) is 13.1. The van der Waals surface area contributed by atoms with E-state index in [1.807, 2.05) is 6.07 Å². The second-order valence-electron chi connectivity index (χ2n) is 6.73. The van der Waals surface area contributed by atoms with Gasteiger partial charge in [-0.05, 0) is 72.9 Å². The zero-order chi connectivity index (χ0) is 18.8. The van der Waals surface area contributed by atoms with Crippen LogP contribution in [0.3, 0.4) is 0 Å². The largest absolute Gasteiger partial charge is 0.319 e. The van der Waals surface area contributed by atoms with Crippen molar-refractivity contribution in [3.05, 3.63) is 51.2 Å². The number of benzene rings is 1. The number of hydrogen-bond donors (Lipinski definition) is 1. The van der Waals surface area contributed by atoms with Gasteiger partial charge in [0.15, 0.2) is 5.82 Å². The number of rotatable bonds is 3. The Morgan fingerprint density at radius 3 is 2.78 bits per heavy atom. The number of anilines is 1. The smallest absolute Gasteiger partial charge is 0.265 e. The minimum atomic E-state index is -0.493. The number of aryl methyl sites for hydroxylation is 3. The SMILES string of the molecule is Cc1nnnn1-c1ccc(F)c(NC(=O)c2cc3c(s2)CCCCCC3)c1. The summed E-state index contributed by atoms with van der Waals surface area (Å²) in [4.78, 5) is 14.6. The van der Waals surface area contributed by atoms with Crippen LogP contribution >= 0.6 is 11.3 Å². The summed E-state index contributed by atoms with van der Waals surface area (Å²) >= 11 is 1.52. The second kappa shape index (κ2) is 7.56. The molecule has 0 saturated heterocycles. The van der Waals surface area contributed by atoms with E-state index in [1.54, 1.807) is 19.1 Å². The van der Waals surface area contributed by atoms with E-state index in [9.17, 15) is 9.18 Å². The quantitative estimate of drug-likeness (QED) is 0.737. The Morgan fingerprint density at radius 1 is 1.19 bits per heavy atom. The second-order valence-corrected chi connectivity index (χ2v) is 7.87. The Kier molecular flexibility index (Phi) is 4.98. The van der Waals surface area contributed by atoms with Gasteiger partial charge in [0.25, 0.3) is 5.91 Å². The summed E-state index contributed by atoms with van der Waals surface area (Å²) < 4.78 is 15.7. The molecule has 4 rings (SSSR count). The number of hydrogen-bond acceptors (Lipinski definition) is 5. The van der Waals surface area contributed by atoms with Crippen LogP contribution in [0.2, 0.25) is 0 Å². The van der Waals surface area contributed by atoms with Crippen LogP contribution < -0.4 is 5.32 Å². The zero-order valence-electron chi connectivity index (χ0n) is 15.0. The lowest BCUT2D eigenvalue weighted by molar-refractivity contribution is 0.103. The first-order valence-corrected chi connectivity index (χ1v) is 9.91. The van der Waals surface area contributed by atoms with Crippen LogP contribution in [-0.4, -0.2) is 26.1 Å². The van der Waals surface area contributed by atoms with Gasteiger partial charge in [0.2, 0.25) is 0 Å². The maximum absolute atomic E-state index is 14.2. The van der Waals surface area contributed by atoms with Crippen LogP contribution in [0.25, 0.3) is 5.69 Å². The average molecular weight is 385 g/mol. The molecule has 8 heteroatoms. The molecule has 1 N–H and O–H groups in total. The fraction of sp³-hybridized carbons (Fsp3) is 0.368. The van der Waals surface area contributed by atoms with E-state index in [-0.39, 0.29) is 11.6 Å². The van der Waals surface area contributed by atoms with Gasteiger partial charge < -0.3 is 5.32 Å². The highest BCUT2D eigenvalue weighted by molar-refractivity contribution is 7.14. The predicted octanol–water partition coefficient (Wildman–Crippen LogP) is 4.08. The molecule has 0 radical (unpaired) electrons. The maximum atomic E-state index is 14.2. The monoisotopic (exact) mass is 385 g/mol. The molecule has 0 saturated carbocycles. The molecule has 140 valence electrons. The fourth-order valence-corrected chi connectivity index (χ4v) is 4.50. The Balaban J connectivity index is 1.58. The highest BCUT2D eigenvalue weighted by Gasteiger charge is 2.18. The molecule has 1 aliphatic rings. The van der Waals surface area contributed by atoms with Crippen LogP contribution in [0.15, 0.2) is 24.3 Å². The molecule has 27 heavy (non-hydrogen) atoms. The molecule has 0 spiro atoms. The van der Waals surface area contributed by atoms with Gasteiger partial charge in [-0.15, -0.1) is 16.4 Å². The lowest BCUT2D eigenvalue weighted by atomic mass is 10.00. The van der Waals surface area contributed by atoms with Crippen molar-refractivity contribution in [3.8, 4) is 5.69 Å². The number of thiophene rings is 1. The molecule has 3 aromatic rings. The van der Waals surface area contributed by atoms with Crippen LogP contribution in [-0.2, 0) is 12.8 Å². The van der Waals surface area contributed by atoms with Gasteiger partial charge in [0, 0.05) is 4.88 Å². The molecule has 0 unspecified atom stereocenters. The maximum Gasteiger partial charge on any atom is 0.265 e. The number of halogens is 1. The summed E-state index contributed by atoms with van der Waals surface area (Å²) in [5, 5.41) is 14.0. The number of fused-ring (bicyclic) bond motifs is 1. The first-order valence-electron chi connectivity index (χ1n) is 9.09. The van der Waals surface area contributed by atoms with E-state index in [4.69, 9.17) is 0 Å². The minimum absolute atomic E-state index is 0.119. The lowest BCUT2D eigenvalue weighted by Crippen LogP contribution is -2.12. The van der Waals surface area contributed by atoms with Crippen molar-refractivity contribution in [3.63, 3.8) is 0 Å². The van der Waals surface area contributed by atoms with Gasteiger partial charge in [-0.1, -0.05) is 12.8 Å². The summed E-state index contributed by atoms with van der Waals surface area (Å²) in [6, 6.07) is 6.39. The van der Waals surface area contributed by atoms with E-state index >= 15 is 0 Å². The number of carbonyl (C=O) groups is 1. The summed E-state index contributed by atoms with van der Waals surface area (Å²) in [6.45, 7) is 1.75. The van der Waals surface area contributed by atoms with Crippen molar-refractivity contribution in [1.29, 1.82) is 0 Å². The molecule has 0 aliphatic heterocycles. The van der Waals surface area contributed by atoms with E-state index in [1.165, 1.54) is 45.4 Å². The summed E-state index contributed by atoms with van der Waals surface area (Å²) in [7, 11) is 0. The van der Waals surface area contributed by atoms with Crippen molar-refractivity contribution in [2.45, 2.75) is 45.4 Å². The highest BCUT2D eigenvalue weighted by atomic mass is 32.1. The van der Waals surface area contributed by atoms with Gasteiger partial charge in [-0.25, -0.2) is 4.39 Å². The third-order valence-corrected chi connectivity index (χ3v) is 6.02.